The highest BCUT2D eigenvalue weighted by atomic mass is 79.9. The van der Waals surface area contributed by atoms with Crippen molar-refractivity contribution in [3.63, 3.8) is 0 Å². The van der Waals surface area contributed by atoms with Gasteiger partial charge in [0.1, 0.15) is 0 Å². The Kier molecular flexibility index (Phi) is 8.92. The molecule has 0 amide bonds. The van der Waals surface area contributed by atoms with Crippen molar-refractivity contribution in [1.82, 2.24) is 0 Å². The fraction of sp³-hybridized carbons (Fsp3) is 0.667. The van der Waals surface area contributed by atoms with Crippen molar-refractivity contribution in [3.05, 3.63) is 44.4 Å². The average molecular weight is 488 g/mol. The van der Waals surface area contributed by atoms with Crippen LogP contribution < -0.4 is 0 Å². The third kappa shape index (κ3) is 8.74. The van der Waals surface area contributed by atoms with E-state index in [9.17, 15) is 0 Å². The number of hydrogen-bond acceptors (Lipinski definition) is 0. The van der Waals surface area contributed by atoms with E-state index in [-0.39, 0.29) is 21.7 Å². The molecule has 150 valence electrons. The van der Waals surface area contributed by atoms with Gasteiger partial charge in [0, 0.05) is 8.96 Å². The van der Waals surface area contributed by atoms with Gasteiger partial charge in [-0.3, -0.25) is 0 Å². The Balaban J connectivity index is 6.47. The molecule has 0 fully saturated rings. The Labute approximate surface area is 180 Å². The van der Waals surface area contributed by atoms with Crippen LogP contribution in [0.4, 0.5) is 0 Å². The average Bonchev–Trinajstić information content (AvgIpc) is 2.36. The van der Waals surface area contributed by atoms with E-state index in [0.717, 1.165) is 0 Å². The fourth-order valence-electron chi connectivity index (χ4n) is 2.30. The summed E-state index contributed by atoms with van der Waals surface area (Å²) in [5.41, 5.74) is 3.08. The van der Waals surface area contributed by atoms with Crippen LogP contribution in [0, 0.1) is 21.7 Å². The van der Waals surface area contributed by atoms with Crippen molar-refractivity contribution in [3.8, 4) is 0 Å². The maximum atomic E-state index is 3.76. The maximum Gasteiger partial charge on any atom is 0.000433 e. The molecule has 0 aliphatic carbocycles. The first-order chi connectivity index (χ1) is 11.3. The van der Waals surface area contributed by atoms with Crippen molar-refractivity contribution in [2.24, 2.45) is 21.7 Å². The minimum Gasteiger partial charge on any atom is -0.0574 e. The molecule has 0 nitrogen and oxygen atoms in total. The second-order valence-electron chi connectivity index (χ2n) is 11.2. The highest BCUT2D eigenvalue weighted by Crippen LogP contribution is 2.42. The molecule has 0 rings (SSSR count). The van der Waals surface area contributed by atoms with Crippen molar-refractivity contribution in [1.29, 1.82) is 0 Å². The molecule has 0 radical (unpaired) electrons. The maximum absolute atomic E-state index is 3.76. The van der Waals surface area contributed by atoms with Crippen LogP contribution in [0.5, 0.6) is 0 Å². The molecule has 0 aromatic carbocycles. The molecule has 0 spiro atoms. The first-order valence-electron chi connectivity index (χ1n) is 9.45. The summed E-state index contributed by atoms with van der Waals surface area (Å²) in [6.07, 6.45) is 9.04. The van der Waals surface area contributed by atoms with Crippen LogP contribution in [0.25, 0.3) is 0 Å². The quantitative estimate of drug-likeness (QED) is 0.347. The molecule has 26 heavy (non-hydrogen) atoms. The zero-order chi connectivity index (χ0) is 21.1. The first-order valence-corrected chi connectivity index (χ1v) is 11.0. The van der Waals surface area contributed by atoms with E-state index in [1.165, 1.54) is 20.1 Å². The Hall–Kier alpha value is -0.0800. The molecule has 0 bridgehead atoms. The Morgan fingerprint density at radius 2 is 0.654 bits per heavy atom. The van der Waals surface area contributed by atoms with Gasteiger partial charge in [0.05, 0.1) is 0 Å². The molecule has 0 aliphatic heterocycles. The van der Waals surface area contributed by atoms with Gasteiger partial charge in [-0.15, -0.1) is 0 Å². The van der Waals surface area contributed by atoms with Crippen LogP contribution in [0.15, 0.2) is 44.4 Å². The van der Waals surface area contributed by atoms with Crippen molar-refractivity contribution in [2.45, 2.75) is 83.1 Å². The minimum absolute atomic E-state index is 0.0584. The third-order valence-corrected chi connectivity index (χ3v) is 7.04. The van der Waals surface area contributed by atoms with Gasteiger partial charge >= 0.3 is 0 Å². The lowest BCUT2D eigenvalue weighted by Gasteiger charge is -2.33. The predicted molar refractivity (Wildman–Crippen MR) is 128 cm³/mol. The zero-order valence-electron chi connectivity index (χ0n) is 19.1. The molecule has 0 aromatic heterocycles. The van der Waals surface area contributed by atoms with E-state index in [2.05, 4.69) is 139 Å². The van der Waals surface area contributed by atoms with E-state index < -0.39 is 0 Å². The SMILES string of the molecule is CC(C)(C)/C(Br)=C/C=C(\C(=C/C=C(\Br)C(C)(C)C)C(C)(C)C)C(C)(C)C. The molecule has 0 atom stereocenters. The van der Waals surface area contributed by atoms with E-state index >= 15 is 0 Å². The van der Waals surface area contributed by atoms with Gasteiger partial charge in [-0.1, -0.05) is 139 Å². The summed E-state index contributed by atoms with van der Waals surface area (Å²) in [5, 5.41) is 0. The first kappa shape index (κ1) is 25.9. The normalized spacial score (nSPS) is 17.0. The molecule has 0 saturated carbocycles. The summed E-state index contributed by atoms with van der Waals surface area (Å²) in [6, 6.07) is 0. The summed E-state index contributed by atoms with van der Waals surface area (Å²) in [6.45, 7) is 27.1. The van der Waals surface area contributed by atoms with Gasteiger partial charge in [-0.05, 0) is 32.8 Å². The monoisotopic (exact) mass is 486 g/mol. The molecule has 2 heteroatoms. The van der Waals surface area contributed by atoms with Gasteiger partial charge in [-0.2, -0.15) is 0 Å². The van der Waals surface area contributed by atoms with Crippen LogP contribution in [0.2, 0.25) is 0 Å². The Morgan fingerprint density at radius 3 is 0.808 bits per heavy atom. The van der Waals surface area contributed by atoms with E-state index in [0.29, 0.717) is 0 Å². The van der Waals surface area contributed by atoms with Gasteiger partial charge in [-0.25, -0.2) is 0 Å². The lowest BCUT2D eigenvalue weighted by molar-refractivity contribution is 0.446. The number of hydrogen-bond donors (Lipinski definition) is 0. The second-order valence-corrected chi connectivity index (χ2v) is 12.9. The van der Waals surface area contributed by atoms with E-state index in [1.807, 2.05) is 0 Å². The van der Waals surface area contributed by atoms with Crippen LogP contribution in [-0.4, -0.2) is 0 Å². The molecule has 0 N–H and O–H groups in total. The molecule has 0 aromatic rings. The summed E-state index contributed by atoms with van der Waals surface area (Å²) in [5.74, 6) is 0. The predicted octanol–water partition coefficient (Wildman–Crippen LogP) is 9.58. The van der Waals surface area contributed by atoms with Gasteiger partial charge in [0.2, 0.25) is 0 Å². The van der Waals surface area contributed by atoms with Gasteiger partial charge < -0.3 is 0 Å². The van der Waals surface area contributed by atoms with Gasteiger partial charge in [0.15, 0.2) is 0 Å². The number of rotatable bonds is 3. The van der Waals surface area contributed by atoms with E-state index in [4.69, 9.17) is 0 Å². The Morgan fingerprint density at radius 1 is 0.423 bits per heavy atom. The Bertz CT molecular complexity index is 543. The summed E-state index contributed by atoms with van der Waals surface area (Å²) >= 11 is 7.52. The van der Waals surface area contributed by atoms with Crippen molar-refractivity contribution >= 4 is 31.9 Å². The molecular weight excluding hydrogens is 448 g/mol. The highest BCUT2D eigenvalue weighted by molar-refractivity contribution is 9.12. The molecule has 0 heterocycles. The van der Waals surface area contributed by atoms with Crippen LogP contribution in [0.1, 0.15) is 83.1 Å². The van der Waals surface area contributed by atoms with Crippen LogP contribution >= 0.6 is 31.9 Å². The number of allylic oxidation sites excluding steroid dienone is 8. The standard InChI is InChI=1S/C24H40Br2/c1-21(2,3)17(13-15-19(25)23(7,8)9)18(22(4,5)6)14-16-20(26)24(10,11)12/h13-16H,1-12H3/b17-13+,18-14+,19-15-,20-16-. The molecular formula is C24H40Br2. The minimum atomic E-state index is 0.0584. The lowest BCUT2D eigenvalue weighted by atomic mass is 9.72. The second kappa shape index (κ2) is 8.95. The summed E-state index contributed by atoms with van der Waals surface area (Å²) in [7, 11) is 0. The zero-order valence-corrected chi connectivity index (χ0v) is 22.2. The van der Waals surface area contributed by atoms with E-state index in [1.54, 1.807) is 0 Å². The van der Waals surface area contributed by atoms with Crippen LogP contribution in [0.3, 0.4) is 0 Å². The van der Waals surface area contributed by atoms with Gasteiger partial charge in [0.25, 0.3) is 0 Å². The third-order valence-electron chi connectivity index (χ3n) is 4.13. The molecule has 0 aliphatic rings. The smallest absolute Gasteiger partial charge is 0.000433 e. The highest BCUT2D eigenvalue weighted by Gasteiger charge is 2.28. The topological polar surface area (TPSA) is 0 Å². The fourth-order valence-corrected chi connectivity index (χ4v) is 2.56. The molecule has 0 unspecified atom stereocenters. The molecule has 0 saturated heterocycles. The summed E-state index contributed by atoms with van der Waals surface area (Å²) < 4.78 is 2.43. The largest absolute Gasteiger partial charge is 0.0574 e. The van der Waals surface area contributed by atoms with Crippen molar-refractivity contribution < 1.29 is 0 Å². The lowest BCUT2D eigenvalue weighted by Crippen LogP contribution is -2.20. The van der Waals surface area contributed by atoms with Crippen molar-refractivity contribution in [2.75, 3.05) is 0 Å². The van der Waals surface area contributed by atoms with Crippen LogP contribution in [-0.2, 0) is 0 Å². The number of halogens is 2. The summed E-state index contributed by atoms with van der Waals surface area (Å²) in [4.78, 5) is 0.